The Bertz CT molecular complexity index is 1510. The van der Waals surface area contributed by atoms with Crippen molar-refractivity contribution in [1.82, 2.24) is 0 Å². The third kappa shape index (κ3) is 22.6. The van der Waals surface area contributed by atoms with Crippen molar-refractivity contribution < 1.29 is 75.9 Å². The summed E-state index contributed by atoms with van der Waals surface area (Å²) < 4.78 is 7.62. The number of carbonyl (C=O) groups is 2. The molecule has 0 aliphatic heterocycles. The number of carboxylic acid groups (broad SMARTS) is 1. The normalized spacial score (nSPS) is 26.6. The van der Waals surface area contributed by atoms with Gasteiger partial charge in [-0.2, -0.15) is 0 Å². The Morgan fingerprint density at radius 3 is 1.19 bits per heavy atom. The number of esters is 1. The van der Waals surface area contributed by atoms with E-state index in [1.807, 2.05) is 19.1 Å². The fraction of sp³-hybridized carbons (Fsp3) is 0.750. The molecule has 8 heteroatoms. The summed E-state index contributed by atoms with van der Waals surface area (Å²) in [7, 11) is 0. The zero-order chi connectivity index (χ0) is 44.4. The van der Waals surface area contributed by atoms with E-state index in [0.29, 0.717) is 24.9 Å². The summed E-state index contributed by atoms with van der Waals surface area (Å²) in [5, 5.41) is 19.9. The predicted molar refractivity (Wildman–Crippen MR) is 272 cm³/mol. The molecule has 2 atom stereocenters. The minimum absolute atomic E-state index is 0. The van der Waals surface area contributed by atoms with E-state index in [2.05, 4.69) is 82.1 Å². The van der Waals surface area contributed by atoms with Gasteiger partial charge in [-0.25, -0.2) is 0 Å². The first-order chi connectivity index (χ1) is 29.2. The maximum absolute atomic E-state index is 12.8. The van der Waals surface area contributed by atoms with Crippen LogP contribution in [-0.4, -0.2) is 29.3 Å². The van der Waals surface area contributed by atoms with Crippen LogP contribution >= 0.6 is 31.9 Å². The molecule has 0 saturated heterocycles. The molecule has 64 heavy (non-hydrogen) atoms. The van der Waals surface area contributed by atoms with Crippen molar-refractivity contribution in [2.75, 3.05) is 6.61 Å². The van der Waals surface area contributed by atoms with E-state index in [1.165, 1.54) is 121 Å². The van der Waals surface area contributed by atoms with E-state index in [-0.39, 0.29) is 84.0 Å². The Morgan fingerprint density at radius 1 is 0.594 bits per heavy atom. The smallest absolute Gasteiger partial charge is 0.850 e. The Kier molecular flexibility index (Phi) is 31.6. The molecule has 4 fully saturated rings. The molecule has 0 radical (unpaired) electrons. The van der Waals surface area contributed by atoms with Crippen LogP contribution in [0.5, 0.6) is 0 Å². The van der Waals surface area contributed by atoms with E-state index in [4.69, 9.17) is 4.74 Å². The first-order valence-electron chi connectivity index (χ1n) is 24.8. The van der Waals surface area contributed by atoms with Gasteiger partial charge in [-0.05, 0) is 180 Å². The van der Waals surface area contributed by atoms with E-state index < -0.39 is 11.6 Å². The quantitative estimate of drug-likeness (QED) is 0.142. The molecular weight excluding hydrogens is 952 g/mol. The summed E-state index contributed by atoms with van der Waals surface area (Å²) in [6, 6.07) is 16.6. The molecule has 6 rings (SSSR count). The molecular formula is C56H91Br2KO5. The van der Waals surface area contributed by atoms with Crippen molar-refractivity contribution in [1.29, 1.82) is 0 Å². The van der Waals surface area contributed by atoms with Crippen LogP contribution in [0.3, 0.4) is 0 Å². The molecule has 2 unspecified atom stereocenters. The van der Waals surface area contributed by atoms with Crippen LogP contribution in [0.15, 0.2) is 57.5 Å². The second kappa shape index (κ2) is 32.7. The van der Waals surface area contributed by atoms with Crippen molar-refractivity contribution in [3.63, 3.8) is 0 Å². The van der Waals surface area contributed by atoms with Crippen molar-refractivity contribution in [2.45, 2.75) is 203 Å². The van der Waals surface area contributed by atoms with Gasteiger partial charge in [0.05, 0.1) is 18.4 Å². The van der Waals surface area contributed by atoms with Crippen molar-refractivity contribution in [3.8, 4) is 0 Å². The molecule has 0 aromatic heterocycles. The van der Waals surface area contributed by atoms with Gasteiger partial charge in [0.25, 0.3) is 0 Å². The summed E-state index contributed by atoms with van der Waals surface area (Å²) in [5.74, 6) is 5.58. The Morgan fingerprint density at radius 2 is 0.891 bits per heavy atom. The van der Waals surface area contributed by atoms with E-state index in [9.17, 15) is 19.8 Å². The van der Waals surface area contributed by atoms with Crippen LogP contribution in [0.4, 0.5) is 0 Å². The average Bonchev–Trinajstić information content (AvgIpc) is 3.24. The minimum Gasteiger partial charge on any atom is -0.850 e. The monoisotopic (exact) mass is 1040 g/mol. The summed E-state index contributed by atoms with van der Waals surface area (Å²) in [6.45, 7) is 11.9. The third-order valence-corrected chi connectivity index (χ3v) is 16.0. The van der Waals surface area contributed by atoms with Crippen LogP contribution in [-0.2, 0) is 27.2 Å². The second-order valence-corrected chi connectivity index (χ2v) is 22.4. The first kappa shape index (κ1) is 62.0. The standard InChI is InChI=1S/C26H39BrO2.C24H35BrO2.C4H9O.2CH4.K/c1-3-5-19-6-10-21(11-7-19)22-12-14-23(15-13-22)25(26(28)29-4-2)18-20-8-16-24(27)17-9-20;1-2-3-17-4-8-19(9-5-17)20-10-12-21(13-11-20)23(24(26)27)16-18-6-14-22(25)15-7-18;1-4(2,3)5;;;/h8-9,16-17,19,21-23,25H,3-7,10-15,18H2,1-2H3;6-7,14-15,17,19-21,23H,2-5,8-13,16H2,1H3,(H,26,27);1-3H3;2*1H4;/q;;-1;;;+1. The number of carbonyl (C=O) groups excluding carboxylic acids is 1. The molecule has 4 aliphatic rings. The zero-order valence-electron chi connectivity index (χ0n) is 40.0. The molecule has 4 aliphatic carbocycles. The number of carboxylic acids is 1. The van der Waals surface area contributed by atoms with Crippen molar-refractivity contribution in [2.24, 2.45) is 59.2 Å². The third-order valence-electron chi connectivity index (χ3n) is 14.9. The zero-order valence-corrected chi connectivity index (χ0v) is 46.3. The van der Waals surface area contributed by atoms with Gasteiger partial charge >= 0.3 is 63.3 Å². The van der Waals surface area contributed by atoms with Gasteiger partial charge in [0, 0.05) is 8.95 Å². The molecule has 0 bridgehead atoms. The second-order valence-electron chi connectivity index (χ2n) is 20.6. The van der Waals surface area contributed by atoms with Crippen LogP contribution in [0, 0.1) is 59.2 Å². The predicted octanol–water partition coefficient (Wildman–Crippen LogP) is 13.1. The van der Waals surface area contributed by atoms with Gasteiger partial charge in [-0.15, -0.1) is 5.60 Å². The number of ether oxygens (including phenoxy) is 1. The Balaban J connectivity index is 0.000000556. The van der Waals surface area contributed by atoms with Crippen LogP contribution in [0.25, 0.3) is 0 Å². The molecule has 5 nitrogen and oxygen atoms in total. The molecule has 2 aromatic rings. The van der Waals surface area contributed by atoms with Gasteiger partial charge in [-0.3, -0.25) is 9.59 Å². The fourth-order valence-corrected chi connectivity index (χ4v) is 12.2. The number of rotatable bonds is 15. The average molecular weight is 1040 g/mol. The largest absolute Gasteiger partial charge is 1.00 e. The molecule has 360 valence electrons. The molecule has 0 amide bonds. The molecule has 1 N–H and O–H groups in total. The van der Waals surface area contributed by atoms with Gasteiger partial charge in [0.2, 0.25) is 0 Å². The number of benzene rings is 2. The SMILES string of the molecule is C.C.CC(C)(C)[O-].CCCC1CCC(C2CCC(C(Cc3ccc(Br)cc3)C(=O)O)CC2)CC1.CCCC1CCC(C2CCC(C(Cc3ccc(Br)cc3)C(=O)OCC)CC2)CC1.[K+]. The maximum Gasteiger partial charge on any atom is 1.00 e. The van der Waals surface area contributed by atoms with Crippen molar-refractivity contribution in [3.05, 3.63) is 68.6 Å². The summed E-state index contributed by atoms with van der Waals surface area (Å²) in [4.78, 5) is 24.7. The maximum atomic E-state index is 12.8. The van der Waals surface area contributed by atoms with E-state index in [0.717, 1.165) is 69.3 Å². The van der Waals surface area contributed by atoms with Crippen LogP contribution in [0.1, 0.15) is 196 Å². The van der Waals surface area contributed by atoms with Gasteiger partial charge in [0.15, 0.2) is 0 Å². The topological polar surface area (TPSA) is 86.7 Å². The van der Waals surface area contributed by atoms with E-state index in [1.54, 1.807) is 20.8 Å². The van der Waals surface area contributed by atoms with Gasteiger partial charge < -0.3 is 14.9 Å². The Hall–Kier alpha value is -0.0636. The number of aliphatic carboxylic acids is 1. The fourth-order valence-electron chi connectivity index (χ4n) is 11.6. The molecule has 0 heterocycles. The number of halogens is 2. The molecule has 0 spiro atoms. The summed E-state index contributed by atoms with van der Waals surface area (Å²) >= 11 is 6.96. The van der Waals surface area contributed by atoms with Gasteiger partial charge in [0.1, 0.15) is 0 Å². The van der Waals surface area contributed by atoms with Crippen LogP contribution in [0.2, 0.25) is 0 Å². The summed E-state index contributed by atoms with van der Waals surface area (Å²) in [5.41, 5.74) is 1.63. The minimum atomic E-state index is -0.750. The molecule has 2 aromatic carbocycles. The van der Waals surface area contributed by atoms with Crippen molar-refractivity contribution >= 4 is 43.8 Å². The number of hydrogen-bond donors (Lipinski definition) is 1. The molecule has 4 saturated carbocycles. The van der Waals surface area contributed by atoms with E-state index >= 15 is 0 Å². The Labute approximate surface area is 452 Å². The van der Waals surface area contributed by atoms with Gasteiger partial charge in [-0.1, -0.05) is 157 Å². The van der Waals surface area contributed by atoms with Crippen LogP contribution < -0.4 is 56.5 Å². The number of hydrogen-bond acceptors (Lipinski definition) is 4. The summed E-state index contributed by atoms with van der Waals surface area (Å²) in [6.07, 6.45) is 28.2. The first-order valence-corrected chi connectivity index (χ1v) is 26.3.